The number of benzene rings is 3. The molecule has 0 aliphatic rings. The molecule has 0 unspecified atom stereocenters. The first kappa shape index (κ1) is 18.3. The second-order valence-electron chi connectivity index (χ2n) is 5.61. The molecule has 3 aromatic rings. The molecule has 0 aliphatic carbocycles. The van der Waals surface area contributed by atoms with E-state index in [0.29, 0.717) is 5.39 Å². The molecule has 10 heteroatoms. The molecular weight excluding hydrogens is 376 g/mol. The van der Waals surface area contributed by atoms with Gasteiger partial charge in [-0.2, -0.15) is 8.42 Å². The van der Waals surface area contributed by atoms with Gasteiger partial charge in [-0.05, 0) is 35.7 Å². The Bertz CT molecular complexity index is 1170. The lowest BCUT2D eigenvalue weighted by atomic mass is 10.1. The average molecular weight is 388 g/mol. The molecule has 0 aromatic heterocycles. The molecule has 1 amide bonds. The molecule has 3 rings (SSSR count). The summed E-state index contributed by atoms with van der Waals surface area (Å²) in [5.74, 6) is -0.838. The molecule has 0 saturated carbocycles. The summed E-state index contributed by atoms with van der Waals surface area (Å²) in [6.07, 6.45) is 0. The lowest BCUT2D eigenvalue weighted by Gasteiger charge is -2.09. The molecule has 0 heterocycles. The Morgan fingerprint density at radius 3 is 2.30 bits per heavy atom. The fraction of sp³-hybridized carbons (Fsp3) is 0. The van der Waals surface area contributed by atoms with Crippen LogP contribution in [0.2, 0.25) is 0 Å². The van der Waals surface area contributed by atoms with Gasteiger partial charge in [0.2, 0.25) is 0 Å². The van der Waals surface area contributed by atoms with E-state index >= 15 is 0 Å². The van der Waals surface area contributed by atoms with Gasteiger partial charge in [0.15, 0.2) is 0 Å². The van der Waals surface area contributed by atoms with E-state index in [1.807, 2.05) is 0 Å². The van der Waals surface area contributed by atoms with E-state index in [9.17, 15) is 28.4 Å². The minimum absolute atomic E-state index is 0.149. The van der Waals surface area contributed by atoms with Gasteiger partial charge >= 0.3 is 0 Å². The van der Waals surface area contributed by atoms with Crippen LogP contribution >= 0.6 is 0 Å². The molecule has 27 heavy (non-hydrogen) atoms. The highest BCUT2D eigenvalue weighted by molar-refractivity contribution is 7.85. The van der Waals surface area contributed by atoms with Crippen LogP contribution in [-0.2, 0) is 10.1 Å². The number of amides is 1. The summed E-state index contributed by atoms with van der Waals surface area (Å²) in [5.41, 5.74) is 0.273. The highest BCUT2D eigenvalue weighted by Crippen LogP contribution is 2.31. The number of nitro benzene ring substituents is 1. The third-order valence-electron chi connectivity index (χ3n) is 3.80. The van der Waals surface area contributed by atoms with Gasteiger partial charge < -0.3 is 10.4 Å². The van der Waals surface area contributed by atoms with E-state index in [4.69, 9.17) is 4.55 Å². The zero-order chi connectivity index (χ0) is 19.8. The van der Waals surface area contributed by atoms with Crippen LogP contribution in [-0.4, -0.2) is 28.9 Å². The minimum Gasteiger partial charge on any atom is -0.507 e. The molecule has 0 saturated heterocycles. The van der Waals surface area contributed by atoms with E-state index < -0.39 is 20.9 Å². The molecule has 138 valence electrons. The van der Waals surface area contributed by atoms with Crippen molar-refractivity contribution in [2.45, 2.75) is 4.90 Å². The predicted molar refractivity (Wildman–Crippen MR) is 96.5 cm³/mol. The number of aromatic hydroxyl groups is 1. The van der Waals surface area contributed by atoms with Crippen LogP contribution in [0.3, 0.4) is 0 Å². The van der Waals surface area contributed by atoms with Gasteiger partial charge in [-0.25, -0.2) is 0 Å². The molecule has 0 spiro atoms. The van der Waals surface area contributed by atoms with E-state index in [2.05, 4.69) is 5.32 Å². The number of nitrogens with zero attached hydrogens (tertiary/aromatic N) is 1. The number of nitrogens with one attached hydrogen (secondary N) is 1. The third-order valence-corrected chi connectivity index (χ3v) is 4.65. The van der Waals surface area contributed by atoms with Crippen LogP contribution in [0.4, 0.5) is 11.4 Å². The first-order chi connectivity index (χ1) is 12.6. The highest BCUT2D eigenvalue weighted by atomic mass is 32.2. The highest BCUT2D eigenvalue weighted by Gasteiger charge is 2.14. The van der Waals surface area contributed by atoms with Crippen molar-refractivity contribution in [3.63, 3.8) is 0 Å². The summed E-state index contributed by atoms with van der Waals surface area (Å²) in [4.78, 5) is 22.0. The Kier molecular flexibility index (Phi) is 4.52. The van der Waals surface area contributed by atoms with Crippen molar-refractivity contribution < 1.29 is 27.8 Å². The van der Waals surface area contributed by atoms with Gasteiger partial charge in [0.05, 0.1) is 9.82 Å². The van der Waals surface area contributed by atoms with Crippen LogP contribution in [0.5, 0.6) is 5.75 Å². The van der Waals surface area contributed by atoms with Gasteiger partial charge in [-0.15, -0.1) is 0 Å². The van der Waals surface area contributed by atoms with Crippen molar-refractivity contribution in [2.24, 2.45) is 0 Å². The molecule has 0 fully saturated rings. The number of hydrogen-bond acceptors (Lipinski definition) is 6. The Labute approximate surface area is 152 Å². The monoisotopic (exact) mass is 388 g/mol. The van der Waals surface area contributed by atoms with Crippen LogP contribution in [0.25, 0.3) is 10.8 Å². The number of hydrogen-bond donors (Lipinski definition) is 3. The van der Waals surface area contributed by atoms with Gasteiger partial charge in [0, 0.05) is 34.8 Å². The summed E-state index contributed by atoms with van der Waals surface area (Å²) in [6.45, 7) is 0. The Hall–Kier alpha value is -3.50. The Morgan fingerprint density at radius 2 is 1.70 bits per heavy atom. The molecule has 0 aliphatic heterocycles. The molecule has 0 bridgehead atoms. The van der Waals surface area contributed by atoms with Crippen molar-refractivity contribution in [3.8, 4) is 5.75 Å². The predicted octanol–water partition coefficient (Wildman–Crippen LogP) is 2.95. The van der Waals surface area contributed by atoms with Crippen LogP contribution in [0.1, 0.15) is 10.4 Å². The van der Waals surface area contributed by atoms with Gasteiger partial charge in [-0.3, -0.25) is 19.5 Å². The van der Waals surface area contributed by atoms with Crippen LogP contribution < -0.4 is 5.32 Å². The summed E-state index contributed by atoms with van der Waals surface area (Å²) in [5, 5.41) is 23.9. The maximum Gasteiger partial charge on any atom is 0.294 e. The zero-order valence-electron chi connectivity index (χ0n) is 13.5. The van der Waals surface area contributed by atoms with Crippen molar-refractivity contribution in [1.82, 2.24) is 0 Å². The van der Waals surface area contributed by atoms with E-state index in [-0.39, 0.29) is 33.0 Å². The van der Waals surface area contributed by atoms with Crippen molar-refractivity contribution in [1.29, 1.82) is 0 Å². The number of phenols is 1. The first-order valence-electron chi connectivity index (χ1n) is 7.45. The van der Waals surface area contributed by atoms with Crippen molar-refractivity contribution in [2.75, 3.05) is 5.32 Å². The molecule has 3 N–H and O–H groups in total. The summed E-state index contributed by atoms with van der Waals surface area (Å²) < 4.78 is 31.5. The summed E-state index contributed by atoms with van der Waals surface area (Å²) >= 11 is 0. The largest absolute Gasteiger partial charge is 0.507 e. The Balaban J connectivity index is 1.91. The topological polar surface area (TPSA) is 147 Å². The average Bonchev–Trinajstić information content (AvgIpc) is 2.60. The molecule has 9 nitrogen and oxygen atoms in total. The van der Waals surface area contributed by atoms with E-state index in [1.54, 1.807) is 0 Å². The summed E-state index contributed by atoms with van der Waals surface area (Å²) in [6, 6.07) is 11.4. The quantitative estimate of drug-likeness (QED) is 0.354. The molecular formula is C17H12N2O7S. The lowest BCUT2D eigenvalue weighted by molar-refractivity contribution is -0.384. The number of phenolic OH excluding ortho intramolecular Hbond substituents is 1. The molecule has 0 radical (unpaired) electrons. The fourth-order valence-corrected chi connectivity index (χ4v) is 2.99. The second-order valence-corrected chi connectivity index (χ2v) is 7.03. The number of non-ortho nitro benzene ring substituents is 1. The Morgan fingerprint density at radius 1 is 1.04 bits per heavy atom. The number of anilines is 1. The van der Waals surface area contributed by atoms with Crippen LogP contribution in [0, 0.1) is 10.1 Å². The number of rotatable bonds is 4. The maximum absolute atomic E-state index is 12.3. The molecule has 3 aromatic carbocycles. The lowest BCUT2D eigenvalue weighted by Crippen LogP contribution is -2.11. The number of carbonyl (C=O) groups excluding carboxylic acids is 1. The smallest absolute Gasteiger partial charge is 0.294 e. The maximum atomic E-state index is 12.3. The van der Waals surface area contributed by atoms with Gasteiger partial charge in [-0.1, -0.05) is 6.07 Å². The standard InChI is InChI=1S/C17H12N2O7S/c20-16-8-12(7-11-3-6-14(9-15(11)16)27(24,25)26)18-17(21)10-1-4-13(5-2-10)19(22)23/h1-9,20H,(H,18,21)(H,24,25,26). The number of carbonyl (C=O) groups is 1. The second kappa shape index (κ2) is 6.67. The SMILES string of the molecule is O=C(Nc1cc(O)c2cc(S(=O)(=O)O)ccc2c1)c1ccc([N+](=O)[O-])cc1. The third kappa shape index (κ3) is 3.86. The van der Waals surface area contributed by atoms with E-state index in [0.717, 1.165) is 6.07 Å². The van der Waals surface area contributed by atoms with Crippen molar-refractivity contribution >= 4 is 38.2 Å². The minimum atomic E-state index is -4.41. The molecule has 0 atom stereocenters. The van der Waals surface area contributed by atoms with Crippen LogP contribution in [0.15, 0.2) is 59.5 Å². The fourth-order valence-electron chi connectivity index (χ4n) is 2.49. The van der Waals surface area contributed by atoms with Gasteiger partial charge in [0.1, 0.15) is 5.75 Å². The first-order valence-corrected chi connectivity index (χ1v) is 8.89. The van der Waals surface area contributed by atoms with Crippen molar-refractivity contribution in [3.05, 3.63) is 70.3 Å². The number of fused-ring (bicyclic) bond motifs is 1. The van der Waals surface area contributed by atoms with E-state index in [1.165, 1.54) is 48.5 Å². The van der Waals surface area contributed by atoms with Gasteiger partial charge in [0.25, 0.3) is 21.7 Å². The zero-order valence-corrected chi connectivity index (χ0v) is 14.3. The summed E-state index contributed by atoms with van der Waals surface area (Å²) in [7, 11) is -4.41. The number of nitro groups is 1. The normalized spacial score (nSPS) is 11.3.